The standard InChI is InChI=1S/C25H21NO5/c1-30-21-10-6-9-20(16-21)26-24(28)22(23(27)18-7-4-3-5-8-18)15-17-11-13-19(14-12-17)25(29)31-2/h3-16H,1-2H3,(H,26,28)/b22-15+. The molecule has 0 heterocycles. The maximum absolute atomic E-state index is 13.1. The summed E-state index contributed by atoms with van der Waals surface area (Å²) in [5.74, 6) is -0.861. The van der Waals surface area contributed by atoms with E-state index >= 15 is 0 Å². The lowest BCUT2D eigenvalue weighted by molar-refractivity contribution is -0.112. The molecule has 0 bridgehead atoms. The first kappa shape index (κ1) is 21.5. The van der Waals surface area contributed by atoms with Crippen LogP contribution in [0.3, 0.4) is 0 Å². The zero-order valence-corrected chi connectivity index (χ0v) is 17.1. The molecular formula is C25H21NO5. The molecule has 0 spiro atoms. The minimum Gasteiger partial charge on any atom is -0.497 e. The third kappa shape index (κ3) is 5.45. The van der Waals surface area contributed by atoms with Gasteiger partial charge in [0, 0.05) is 17.3 Å². The molecule has 6 heteroatoms. The number of anilines is 1. The number of benzene rings is 3. The lowest BCUT2D eigenvalue weighted by atomic mass is 9.99. The number of hydrogen-bond acceptors (Lipinski definition) is 5. The van der Waals surface area contributed by atoms with Gasteiger partial charge in [0.2, 0.25) is 0 Å². The number of ether oxygens (including phenoxy) is 2. The Hall–Kier alpha value is -4.19. The molecule has 1 amide bonds. The van der Waals surface area contributed by atoms with Crippen molar-refractivity contribution in [2.45, 2.75) is 0 Å². The SMILES string of the molecule is COC(=O)c1ccc(/C=C(/C(=O)Nc2cccc(OC)c2)C(=O)c2ccccc2)cc1. The third-order valence-electron chi connectivity index (χ3n) is 4.50. The molecule has 156 valence electrons. The summed E-state index contributed by atoms with van der Waals surface area (Å²) in [5.41, 5.74) is 1.81. The van der Waals surface area contributed by atoms with Gasteiger partial charge in [-0.05, 0) is 35.9 Å². The molecule has 0 atom stereocenters. The predicted octanol–water partition coefficient (Wildman–Crippen LogP) is 4.39. The molecule has 31 heavy (non-hydrogen) atoms. The molecule has 3 rings (SSSR count). The summed E-state index contributed by atoms with van der Waals surface area (Å²) >= 11 is 0. The number of ketones is 1. The van der Waals surface area contributed by atoms with Gasteiger partial charge in [0.1, 0.15) is 5.75 Å². The number of nitrogens with one attached hydrogen (secondary N) is 1. The summed E-state index contributed by atoms with van der Waals surface area (Å²) in [5, 5.41) is 2.74. The molecule has 3 aromatic carbocycles. The number of carbonyl (C=O) groups is 3. The molecule has 0 radical (unpaired) electrons. The fraction of sp³-hybridized carbons (Fsp3) is 0.0800. The molecular weight excluding hydrogens is 394 g/mol. The quantitative estimate of drug-likeness (QED) is 0.204. The van der Waals surface area contributed by atoms with E-state index in [1.807, 2.05) is 0 Å². The number of amides is 1. The summed E-state index contributed by atoms with van der Waals surface area (Å²) in [4.78, 5) is 37.8. The Labute approximate surface area is 180 Å². The van der Waals surface area contributed by atoms with Gasteiger partial charge < -0.3 is 14.8 Å². The van der Waals surface area contributed by atoms with Gasteiger partial charge in [-0.1, -0.05) is 48.5 Å². The molecule has 6 nitrogen and oxygen atoms in total. The highest BCUT2D eigenvalue weighted by atomic mass is 16.5. The van der Waals surface area contributed by atoms with Gasteiger partial charge in [0.15, 0.2) is 5.78 Å². The molecule has 0 fully saturated rings. The minimum atomic E-state index is -0.556. The second-order valence-electron chi connectivity index (χ2n) is 6.55. The van der Waals surface area contributed by atoms with Crippen LogP contribution in [0.2, 0.25) is 0 Å². The van der Waals surface area contributed by atoms with Crippen molar-refractivity contribution < 1.29 is 23.9 Å². The Bertz CT molecular complexity index is 1120. The summed E-state index contributed by atoms with van der Waals surface area (Å²) < 4.78 is 9.87. The van der Waals surface area contributed by atoms with Crippen molar-refractivity contribution in [2.24, 2.45) is 0 Å². The van der Waals surface area contributed by atoms with Crippen LogP contribution in [-0.2, 0) is 9.53 Å². The third-order valence-corrected chi connectivity index (χ3v) is 4.50. The maximum Gasteiger partial charge on any atom is 0.337 e. The van der Waals surface area contributed by atoms with Crippen molar-refractivity contribution in [2.75, 3.05) is 19.5 Å². The summed E-state index contributed by atoms with van der Waals surface area (Å²) in [6.45, 7) is 0. The van der Waals surface area contributed by atoms with Crippen LogP contribution in [0.15, 0.2) is 84.4 Å². The zero-order chi connectivity index (χ0) is 22.2. The van der Waals surface area contributed by atoms with Crippen molar-refractivity contribution in [1.82, 2.24) is 0 Å². The van der Waals surface area contributed by atoms with E-state index in [-0.39, 0.29) is 5.57 Å². The lowest BCUT2D eigenvalue weighted by Gasteiger charge is -2.10. The van der Waals surface area contributed by atoms with E-state index in [0.717, 1.165) is 0 Å². The number of rotatable bonds is 7. The fourth-order valence-electron chi connectivity index (χ4n) is 2.88. The maximum atomic E-state index is 13.1. The van der Waals surface area contributed by atoms with Gasteiger partial charge in [-0.25, -0.2) is 4.79 Å². The number of methoxy groups -OCH3 is 2. The van der Waals surface area contributed by atoms with Crippen molar-refractivity contribution in [3.63, 3.8) is 0 Å². The molecule has 0 aliphatic carbocycles. The van der Waals surface area contributed by atoms with Crippen LogP contribution < -0.4 is 10.1 Å². The van der Waals surface area contributed by atoms with Crippen LogP contribution in [0.25, 0.3) is 6.08 Å². The van der Waals surface area contributed by atoms with Gasteiger partial charge in [0.25, 0.3) is 5.91 Å². The van der Waals surface area contributed by atoms with E-state index in [4.69, 9.17) is 9.47 Å². The Balaban J connectivity index is 1.96. The van der Waals surface area contributed by atoms with E-state index in [9.17, 15) is 14.4 Å². The smallest absolute Gasteiger partial charge is 0.337 e. The Morgan fingerprint density at radius 3 is 2.16 bits per heavy atom. The first-order chi connectivity index (χ1) is 15.0. The average molecular weight is 415 g/mol. The highest BCUT2D eigenvalue weighted by molar-refractivity contribution is 6.31. The van der Waals surface area contributed by atoms with Crippen LogP contribution in [0.1, 0.15) is 26.3 Å². The summed E-state index contributed by atoms with van der Waals surface area (Å²) in [7, 11) is 2.83. The molecule has 3 aromatic rings. The second kappa shape index (κ2) is 10.0. The topological polar surface area (TPSA) is 81.7 Å². The van der Waals surface area contributed by atoms with Crippen molar-refractivity contribution in [3.8, 4) is 5.75 Å². The average Bonchev–Trinajstić information content (AvgIpc) is 2.82. The van der Waals surface area contributed by atoms with Crippen LogP contribution >= 0.6 is 0 Å². The highest BCUT2D eigenvalue weighted by Crippen LogP contribution is 2.20. The molecule has 0 aliphatic heterocycles. The van der Waals surface area contributed by atoms with Gasteiger partial charge in [0.05, 0.1) is 25.4 Å². The van der Waals surface area contributed by atoms with E-state index in [0.29, 0.717) is 28.1 Å². The van der Waals surface area contributed by atoms with Crippen LogP contribution in [0, 0.1) is 0 Å². The number of Topliss-reactive ketones (excluding diaryl/α,β-unsaturated/α-hetero) is 1. The first-order valence-electron chi connectivity index (χ1n) is 9.47. The molecule has 0 unspecified atom stereocenters. The highest BCUT2D eigenvalue weighted by Gasteiger charge is 2.20. The van der Waals surface area contributed by atoms with Crippen molar-refractivity contribution >= 4 is 29.4 Å². The molecule has 0 saturated carbocycles. The van der Waals surface area contributed by atoms with E-state index in [2.05, 4.69) is 5.32 Å². The number of esters is 1. The normalized spacial score (nSPS) is 10.8. The van der Waals surface area contributed by atoms with E-state index in [1.54, 1.807) is 78.9 Å². The summed E-state index contributed by atoms with van der Waals surface area (Å²) in [6, 6.07) is 21.8. The molecule has 0 aromatic heterocycles. The van der Waals surface area contributed by atoms with Crippen LogP contribution in [0.4, 0.5) is 5.69 Å². The zero-order valence-electron chi connectivity index (χ0n) is 17.1. The fourth-order valence-corrected chi connectivity index (χ4v) is 2.88. The van der Waals surface area contributed by atoms with Crippen molar-refractivity contribution in [1.29, 1.82) is 0 Å². The second-order valence-corrected chi connectivity index (χ2v) is 6.55. The van der Waals surface area contributed by atoms with Gasteiger partial charge in [-0.3, -0.25) is 9.59 Å². The van der Waals surface area contributed by atoms with Crippen LogP contribution in [-0.4, -0.2) is 31.9 Å². The lowest BCUT2D eigenvalue weighted by Crippen LogP contribution is -2.20. The van der Waals surface area contributed by atoms with Crippen LogP contribution in [0.5, 0.6) is 5.75 Å². The Kier molecular flexibility index (Phi) is 6.96. The minimum absolute atomic E-state index is 0.0418. The van der Waals surface area contributed by atoms with Gasteiger partial charge in [-0.15, -0.1) is 0 Å². The first-order valence-corrected chi connectivity index (χ1v) is 9.47. The number of hydrogen-bond donors (Lipinski definition) is 1. The Morgan fingerprint density at radius 2 is 1.52 bits per heavy atom. The molecule has 0 aliphatic rings. The number of carbonyl (C=O) groups excluding carboxylic acids is 3. The molecule has 1 N–H and O–H groups in total. The Morgan fingerprint density at radius 1 is 0.806 bits per heavy atom. The van der Waals surface area contributed by atoms with Gasteiger partial charge >= 0.3 is 5.97 Å². The predicted molar refractivity (Wildman–Crippen MR) is 118 cm³/mol. The largest absolute Gasteiger partial charge is 0.497 e. The van der Waals surface area contributed by atoms with E-state index < -0.39 is 17.7 Å². The van der Waals surface area contributed by atoms with Gasteiger partial charge in [-0.2, -0.15) is 0 Å². The molecule has 0 saturated heterocycles. The monoisotopic (exact) mass is 415 g/mol. The van der Waals surface area contributed by atoms with E-state index in [1.165, 1.54) is 20.3 Å². The summed E-state index contributed by atoms with van der Waals surface area (Å²) in [6.07, 6.45) is 1.49. The van der Waals surface area contributed by atoms with Crippen molar-refractivity contribution in [3.05, 3.63) is 101 Å².